The fourth-order valence-corrected chi connectivity index (χ4v) is 4.17. The number of likely N-dealkylation sites (tertiary alicyclic amines) is 1. The Kier molecular flexibility index (Phi) is 4.92. The Morgan fingerprint density at radius 1 is 1.00 bits per heavy atom. The molecule has 142 valence electrons. The SMILES string of the molecule is CC[C@H]1c2cccn2CCN1C(=O)c1nccnc1C(=O)N1CCCCC1. The topological polar surface area (TPSA) is 71.3 Å². The van der Waals surface area contributed by atoms with Gasteiger partial charge in [0.25, 0.3) is 11.8 Å². The lowest BCUT2D eigenvalue weighted by molar-refractivity contribution is 0.0596. The van der Waals surface area contributed by atoms with Crippen molar-refractivity contribution < 1.29 is 9.59 Å². The second kappa shape index (κ2) is 7.50. The molecule has 1 atom stereocenters. The van der Waals surface area contributed by atoms with Crippen LogP contribution in [-0.2, 0) is 6.54 Å². The van der Waals surface area contributed by atoms with Crippen molar-refractivity contribution in [2.45, 2.75) is 45.2 Å². The summed E-state index contributed by atoms with van der Waals surface area (Å²) in [5.41, 5.74) is 1.48. The normalized spacial score (nSPS) is 19.7. The summed E-state index contributed by atoms with van der Waals surface area (Å²) in [5, 5.41) is 0. The van der Waals surface area contributed by atoms with Crippen LogP contribution in [-0.4, -0.2) is 55.8 Å². The van der Waals surface area contributed by atoms with Crippen LogP contribution < -0.4 is 0 Å². The highest BCUT2D eigenvalue weighted by atomic mass is 16.2. The molecule has 0 unspecified atom stereocenters. The Hall–Kier alpha value is -2.70. The van der Waals surface area contributed by atoms with E-state index in [0.29, 0.717) is 6.54 Å². The number of rotatable bonds is 3. The minimum Gasteiger partial charge on any atom is -0.348 e. The van der Waals surface area contributed by atoms with Gasteiger partial charge in [0, 0.05) is 50.5 Å². The lowest BCUT2D eigenvalue weighted by Gasteiger charge is -2.36. The maximum Gasteiger partial charge on any atom is 0.275 e. The van der Waals surface area contributed by atoms with Crippen LogP contribution in [0.3, 0.4) is 0 Å². The summed E-state index contributed by atoms with van der Waals surface area (Å²) in [4.78, 5) is 38.5. The largest absolute Gasteiger partial charge is 0.348 e. The highest BCUT2D eigenvalue weighted by molar-refractivity contribution is 6.04. The number of nitrogens with zero attached hydrogens (tertiary/aromatic N) is 5. The maximum absolute atomic E-state index is 13.4. The van der Waals surface area contributed by atoms with E-state index >= 15 is 0 Å². The van der Waals surface area contributed by atoms with Gasteiger partial charge in [-0.25, -0.2) is 9.97 Å². The van der Waals surface area contributed by atoms with Crippen LogP contribution >= 0.6 is 0 Å². The van der Waals surface area contributed by atoms with Crippen LogP contribution in [0.5, 0.6) is 0 Å². The average molecular weight is 367 g/mol. The third-order valence-corrected chi connectivity index (χ3v) is 5.56. The van der Waals surface area contributed by atoms with E-state index in [-0.39, 0.29) is 29.2 Å². The zero-order valence-electron chi connectivity index (χ0n) is 15.7. The van der Waals surface area contributed by atoms with Gasteiger partial charge in [0.1, 0.15) is 0 Å². The molecule has 0 N–H and O–H groups in total. The van der Waals surface area contributed by atoms with Crippen LogP contribution in [0.4, 0.5) is 0 Å². The second-order valence-corrected chi connectivity index (χ2v) is 7.16. The van der Waals surface area contributed by atoms with Gasteiger partial charge in [-0.05, 0) is 37.8 Å². The van der Waals surface area contributed by atoms with E-state index in [1.54, 1.807) is 4.90 Å². The number of hydrogen-bond acceptors (Lipinski definition) is 4. The molecule has 2 aromatic rings. The maximum atomic E-state index is 13.4. The Morgan fingerprint density at radius 2 is 1.70 bits per heavy atom. The first-order chi connectivity index (χ1) is 13.2. The second-order valence-electron chi connectivity index (χ2n) is 7.16. The van der Waals surface area contributed by atoms with Crippen LogP contribution in [0.1, 0.15) is 65.3 Å². The molecule has 0 radical (unpaired) electrons. The molecule has 27 heavy (non-hydrogen) atoms. The van der Waals surface area contributed by atoms with Gasteiger partial charge < -0.3 is 14.4 Å². The fraction of sp³-hybridized carbons (Fsp3) is 0.500. The summed E-state index contributed by atoms with van der Waals surface area (Å²) in [7, 11) is 0. The molecule has 2 aromatic heterocycles. The van der Waals surface area contributed by atoms with E-state index in [1.165, 1.54) is 12.4 Å². The standard InChI is InChI=1S/C20H25N5O2/c1-2-15-16-7-6-12-23(16)13-14-25(15)20(27)18-17(21-8-9-22-18)19(26)24-10-4-3-5-11-24/h6-9,12,15H,2-5,10-11,13-14H2,1H3/t15-/m0/s1. The van der Waals surface area contributed by atoms with Crippen LogP contribution in [0.15, 0.2) is 30.7 Å². The first-order valence-electron chi connectivity index (χ1n) is 9.77. The van der Waals surface area contributed by atoms with Gasteiger partial charge in [0.05, 0.1) is 6.04 Å². The summed E-state index contributed by atoms with van der Waals surface area (Å²) < 4.78 is 2.19. The average Bonchev–Trinajstić information content (AvgIpc) is 3.21. The highest BCUT2D eigenvalue weighted by Gasteiger charge is 2.34. The Labute approximate surface area is 159 Å². The molecular formula is C20H25N5O2. The first kappa shape index (κ1) is 17.7. The zero-order chi connectivity index (χ0) is 18.8. The molecule has 0 spiro atoms. The molecule has 1 fully saturated rings. The Morgan fingerprint density at radius 3 is 2.41 bits per heavy atom. The van der Waals surface area contributed by atoms with Crippen molar-refractivity contribution in [3.8, 4) is 0 Å². The quantitative estimate of drug-likeness (QED) is 0.836. The monoisotopic (exact) mass is 367 g/mol. The third kappa shape index (κ3) is 3.22. The van der Waals surface area contributed by atoms with Crippen molar-refractivity contribution >= 4 is 11.8 Å². The minimum atomic E-state index is -0.206. The summed E-state index contributed by atoms with van der Waals surface area (Å²) in [6.45, 7) is 4.87. The van der Waals surface area contributed by atoms with E-state index < -0.39 is 0 Å². The highest BCUT2D eigenvalue weighted by Crippen LogP contribution is 2.30. The number of carbonyl (C=O) groups excluding carboxylic acids is 2. The molecule has 2 amide bonds. The third-order valence-electron chi connectivity index (χ3n) is 5.56. The molecule has 2 aliphatic rings. The Balaban J connectivity index is 1.64. The smallest absolute Gasteiger partial charge is 0.275 e. The lowest BCUT2D eigenvalue weighted by atomic mass is 10.1. The molecule has 4 heterocycles. The van der Waals surface area contributed by atoms with E-state index in [0.717, 1.165) is 51.0 Å². The van der Waals surface area contributed by atoms with Crippen molar-refractivity contribution in [2.24, 2.45) is 0 Å². The van der Waals surface area contributed by atoms with Crippen molar-refractivity contribution in [3.63, 3.8) is 0 Å². The summed E-state index contributed by atoms with van der Waals surface area (Å²) in [6.07, 6.45) is 8.98. The van der Waals surface area contributed by atoms with E-state index in [4.69, 9.17) is 0 Å². The van der Waals surface area contributed by atoms with Gasteiger partial charge in [-0.3, -0.25) is 9.59 Å². The summed E-state index contributed by atoms with van der Waals surface area (Å²) in [5.74, 6) is -0.387. The van der Waals surface area contributed by atoms with Crippen molar-refractivity contribution in [1.29, 1.82) is 0 Å². The predicted octanol–water partition coefficient (Wildman–Crippen LogP) is 2.51. The van der Waals surface area contributed by atoms with Crippen molar-refractivity contribution in [2.75, 3.05) is 19.6 Å². The van der Waals surface area contributed by atoms with Gasteiger partial charge in [-0.2, -0.15) is 0 Å². The summed E-state index contributed by atoms with van der Waals surface area (Å²) >= 11 is 0. The molecule has 0 bridgehead atoms. The van der Waals surface area contributed by atoms with Crippen molar-refractivity contribution in [1.82, 2.24) is 24.3 Å². The number of carbonyl (C=O) groups is 2. The summed E-state index contributed by atoms with van der Waals surface area (Å²) in [6, 6.07) is 4.06. The molecule has 7 heteroatoms. The van der Waals surface area contributed by atoms with E-state index in [2.05, 4.69) is 27.5 Å². The van der Waals surface area contributed by atoms with Crippen LogP contribution in [0.2, 0.25) is 0 Å². The van der Waals surface area contributed by atoms with Gasteiger partial charge in [-0.1, -0.05) is 6.92 Å². The van der Waals surface area contributed by atoms with Gasteiger partial charge >= 0.3 is 0 Å². The number of fused-ring (bicyclic) bond motifs is 1. The molecule has 1 saturated heterocycles. The molecule has 0 saturated carbocycles. The number of amides is 2. The molecular weight excluding hydrogens is 342 g/mol. The van der Waals surface area contributed by atoms with Crippen LogP contribution in [0, 0.1) is 0 Å². The predicted molar refractivity (Wildman–Crippen MR) is 100 cm³/mol. The first-order valence-corrected chi connectivity index (χ1v) is 9.77. The lowest BCUT2D eigenvalue weighted by Crippen LogP contribution is -2.43. The van der Waals surface area contributed by atoms with Crippen molar-refractivity contribution in [3.05, 3.63) is 47.8 Å². The van der Waals surface area contributed by atoms with E-state index in [1.807, 2.05) is 17.2 Å². The van der Waals surface area contributed by atoms with Gasteiger partial charge in [0.2, 0.25) is 0 Å². The van der Waals surface area contributed by atoms with E-state index in [9.17, 15) is 9.59 Å². The molecule has 0 aliphatic carbocycles. The van der Waals surface area contributed by atoms with Gasteiger partial charge in [0.15, 0.2) is 11.4 Å². The number of aromatic nitrogens is 3. The fourth-order valence-electron chi connectivity index (χ4n) is 4.17. The number of hydrogen-bond donors (Lipinski definition) is 0. The molecule has 2 aliphatic heterocycles. The number of piperidine rings is 1. The van der Waals surface area contributed by atoms with Gasteiger partial charge in [-0.15, -0.1) is 0 Å². The molecule has 0 aromatic carbocycles. The minimum absolute atomic E-state index is 0.0128. The molecule has 4 rings (SSSR count). The Bertz CT molecular complexity index is 840. The molecule has 7 nitrogen and oxygen atoms in total. The van der Waals surface area contributed by atoms with Crippen LogP contribution in [0.25, 0.3) is 0 Å². The zero-order valence-corrected chi connectivity index (χ0v) is 15.7.